The van der Waals surface area contributed by atoms with E-state index in [-0.39, 0.29) is 29.1 Å². The highest BCUT2D eigenvalue weighted by Crippen LogP contribution is 2.68. The summed E-state index contributed by atoms with van der Waals surface area (Å²) in [7, 11) is 0. The molecule has 8 atom stereocenters. The van der Waals surface area contributed by atoms with Crippen LogP contribution >= 0.6 is 11.8 Å². The van der Waals surface area contributed by atoms with E-state index in [1.165, 1.54) is 0 Å². The third kappa shape index (κ3) is 4.12. The number of carbonyl (C=O) groups excluding carboxylic acids is 2. The molecule has 1 saturated heterocycles. The number of ketones is 1. The van der Waals surface area contributed by atoms with Gasteiger partial charge in [0.1, 0.15) is 11.9 Å². The van der Waals surface area contributed by atoms with E-state index in [0.717, 1.165) is 45.2 Å². The van der Waals surface area contributed by atoms with Gasteiger partial charge in [0.05, 0.1) is 11.9 Å². The zero-order valence-electron chi connectivity index (χ0n) is 20.9. The number of aliphatic hydroxyl groups is 1. The molecular weight excluding hydrogens is 434 g/mol. The molecule has 0 aromatic heterocycles. The molecule has 4 fully saturated rings. The summed E-state index contributed by atoms with van der Waals surface area (Å²) in [6, 6.07) is 0. The number of aliphatic hydroxyl groups excluding tert-OH is 1. The Morgan fingerprint density at radius 1 is 1.24 bits per heavy atom. The summed E-state index contributed by atoms with van der Waals surface area (Å²) in [5.41, 5.74) is -1.23. The highest BCUT2D eigenvalue weighted by Gasteiger charge is 2.68. The van der Waals surface area contributed by atoms with Crippen LogP contribution in [0.4, 0.5) is 0 Å². The molecule has 1 aliphatic heterocycles. The fourth-order valence-corrected chi connectivity index (χ4v) is 8.85. The molecule has 0 radical (unpaired) electrons. The molecule has 0 aromatic carbocycles. The molecule has 4 aliphatic rings. The van der Waals surface area contributed by atoms with Gasteiger partial charge in [-0.1, -0.05) is 33.8 Å². The van der Waals surface area contributed by atoms with Crippen LogP contribution in [0.25, 0.3) is 0 Å². The van der Waals surface area contributed by atoms with Crippen molar-refractivity contribution in [2.24, 2.45) is 34.0 Å². The number of piperidine rings is 1. The highest BCUT2D eigenvalue weighted by atomic mass is 32.2. The molecule has 2 N–H and O–H groups in total. The summed E-state index contributed by atoms with van der Waals surface area (Å²) in [4.78, 5) is 26.6. The fourth-order valence-electron chi connectivity index (χ4n) is 7.84. The minimum Gasteiger partial charge on any atom is -0.461 e. The van der Waals surface area contributed by atoms with Gasteiger partial charge in [0, 0.05) is 28.4 Å². The number of rotatable bonds is 5. The summed E-state index contributed by atoms with van der Waals surface area (Å²) < 4.78 is 6.32. The Bertz CT molecular complexity index is 782. The van der Waals surface area contributed by atoms with Gasteiger partial charge in [0.15, 0.2) is 0 Å². The predicted octanol–water partition coefficient (Wildman–Crippen LogP) is 4.38. The summed E-state index contributed by atoms with van der Waals surface area (Å²) in [6.07, 6.45) is 6.84. The lowest BCUT2D eigenvalue weighted by Crippen LogP contribution is -2.63. The number of thioether (sulfide) groups is 1. The van der Waals surface area contributed by atoms with Gasteiger partial charge in [-0.25, -0.2) is 0 Å². The maximum atomic E-state index is 13.4. The maximum Gasteiger partial charge on any atom is 0.316 e. The number of esters is 1. The summed E-state index contributed by atoms with van der Waals surface area (Å²) in [5.74, 6) is 0.560. The molecule has 3 saturated carbocycles. The number of nitrogens with one attached hydrogen (secondary N) is 1. The van der Waals surface area contributed by atoms with Crippen molar-refractivity contribution in [2.75, 3.05) is 18.8 Å². The third-order valence-corrected chi connectivity index (χ3v) is 11.6. The lowest BCUT2D eigenvalue weighted by molar-refractivity contribution is -0.205. The molecule has 6 heteroatoms. The summed E-state index contributed by atoms with van der Waals surface area (Å²) >= 11 is 1.70. The first-order chi connectivity index (χ1) is 15.6. The second-order valence-corrected chi connectivity index (χ2v) is 13.1. The Hall–Kier alpha value is -0.850. The predicted molar refractivity (Wildman–Crippen MR) is 133 cm³/mol. The molecule has 2 bridgehead atoms. The van der Waals surface area contributed by atoms with Crippen LogP contribution in [0.5, 0.6) is 0 Å². The molecule has 4 rings (SSSR count). The molecule has 33 heavy (non-hydrogen) atoms. The quantitative estimate of drug-likeness (QED) is 0.452. The number of Topliss-reactive ketones (excluding diaryl/α,β-unsaturated/α-hetero) is 1. The summed E-state index contributed by atoms with van der Waals surface area (Å²) in [6.45, 7) is 14.7. The molecular formula is C27H43NO4S. The van der Waals surface area contributed by atoms with Gasteiger partial charge >= 0.3 is 5.97 Å². The molecule has 3 aliphatic carbocycles. The minimum atomic E-state index is -0.619. The van der Waals surface area contributed by atoms with E-state index in [1.807, 2.05) is 13.0 Å². The summed E-state index contributed by atoms with van der Waals surface area (Å²) in [5, 5.41) is 15.4. The normalized spacial score (nSPS) is 46.2. The van der Waals surface area contributed by atoms with E-state index in [1.54, 1.807) is 11.8 Å². The number of carbonyl (C=O) groups is 2. The molecule has 186 valence electrons. The molecule has 0 spiro atoms. The third-order valence-electron chi connectivity index (χ3n) is 10.3. The van der Waals surface area contributed by atoms with Crippen LogP contribution in [0.3, 0.4) is 0 Å². The smallest absolute Gasteiger partial charge is 0.316 e. The second kappa shape index (κ2) is 9.31. The van der Waals surface area contributed by atoms with E-state index in [4.69, 9.17) is 4.74 Å². The number of hydrogen-bond acceptors (Lipinski definition) is 6. The van der Waals surface area contributed by atoms with Gasteiger partial charge in [-0.2, -0.15) is 0 Å². The van der Waals surface area contributed by atoms with Gasteiger partial charge in [-0.15, -0.1) is 18.3 Å². The van der Waals surface area contributed by atoms with Crippen LogP contribution in [0.2, 0.25) is 0 Å². The van der Waals surface area contributed by atoms with Crippen molar-refractivity contribution < 1.29 is 19.4 Å². The Labute approximate surface area is 203 Å². The fraction of sp³-hybridized carbons (Fsp3) is 0.852. The number of ether oxygens (including phenoxy) is 1. The van der Waals surface area contributed by atoms with Crippen molar-refractivity contribution in [1.29, 1.82) is 0 Å². The lowest BCUT2D eigenvalue weighted by atomic mass is 9.44. The van der Waals surface area contributed by atoms with Gasteiger partial charge in [0.2, 0.25) is 0 Å². The monoisotopic (exact) mass is 477 g/mol. The zero-order chi connectivity index (χ0) is 24.0. The van der Waals surface area contributed by atoms with E-state index in [9.17, 15) is 14.7 Å². The Morgan fingerprint density at radius 3 is 2.61 bits per heavy atom. The lowest BCUT2D eigenvalue weighted by Gasteiger charge is -2.61. The van der Waals surface area contributed by atoms with Gasteiger partial charge in [-0.05, 0) is 68.9 Å². The largest absolute Gasteiger partial charge is 0.461 e. The van der Waals surface area contributed by atoms with Crippen molar-refractivity contribution in [3.8, 4) is 0 Å². The van der Waals surface area contributed by atoms with E-state index in [0.29, 0.717) is 29.6 Å². The first-order valence-corrected chi connectivity index (χ1v) is 14.0. The SMILES string of the molecule is C=C[C@]1(C)C[C@@H](OC(=O)CSC2CCNCC2)[C@]2(C)[C@H](C)CC[C@]3(CCC(=O)[C@@H]32)[C@@H](C)[C@@H]1O. The Balaban J connectivity index is 1.66. The van der Waals surface area contributed by atoms with Crippen molar-refractivity contribution >= 4 is 23.5 Å². The van der Waals surface area contributed by atoms with Crippen molar-refractivity contribution in [2.45, 2.75) is 90.1 Å². The van der Waals surface area contributed by atoms with Gasteiger partial charge in [0.25, 0.3) is 0 Å². The molecule has 0 unspecified atom stereocenters. The second-order valence-electron chi connectivity index (χ2n) is 11.8. The highest BCUT2D eigenvalue weighted by molar-refractivity contribution is 8.00. The minimum absolute atomic E-state index is 0.00380. The van der Waals surface area contributed by atoms with Gasteiger partial charge in [-0.3, -0.25) is 9.59 Å². The van der Waals surface area contributed by atoms with Crippen LogP contribution in [0, 0.1) is 34.0 Å². The average molecular weight is 478 g/mol. The maximum absolute atomic E-state index is 13.4. The van der Waals surface area contributed by atoms with E-state index < -0.39 is 23.0 Å². The van der Waals surface area contributed by atoms with Crippen molar-refractivity contribution in [3.63, 3.8) is 0 Å². The van der Waals surface area contributed by atoms with E-state index >= 15 is 0 Å². The van der Waals surface area contributed by atoms with Crippen LogP contribution in [-0.4, -0.2) is 53.2 Å². The average Bonchev–Trinajstić information content (AvgIpc) is 3.17. The van der Waals surface area contributed by atoms with Crippen LogP contribution < -0.4 is 5.32 Å². The topological polar surface area (TPSA) is 75.6 Å². The molecule has 0 aromatic rings. The first kappa shape index (κ1) is 25.2. The van der Waals surface area contributed by atoms with Crippen LogP contribution in [-0.2, 0) is 14.3 Å². The zero-order valence-corrected chi connectivity index (χ0v) is 21.7. The van der Waals surface area contributed by atoms with Crippen LogP contribution in [0.1, 0.15) is 72.6 Å². The Morgan fingerprint density at radius 2 is 1.94 bits per heavy atom. The van der Waals surface area contributed by atoms with E-state index in [2.05, 4.69) is 32.7 Å². The van der Waals surface area contributed by atoms with Crippen LogP contribution in [0.15, 0.2) is 12.7 Å². The first-order valence-electron chi connectivity index (χ1n) is 12.9. The molecule has 0 amide bonds. The molecule has 5 nitrogen and oxygen atoms in total. The molecule has 1 heterocycles. The van der Waals surface area contributed by atoms with Crippen molar-refractivity contribution in [3.05, 3.63) is 12.7 Å². The Kier molecular flexibility index (Phi) is 7.12. The standard InChI is InChI=1S/C27H43NO4S/c1-6-25(4)15-21(32-22(30)16-33-19-9-13-28-14-10-19)26(5)17(2)7-11-27(18(3)24(25)31)12-8-20(29)23(26)27/h6,17-19,21,23-24,28,31H,1,7-16H2,2-5H3/t17-,18+,21-,23-,24+,25-,26+,27+/m1/s1. The number of hydrogen-bond donors (Lipinski definition) is 2. The van der Waals surface area contributed by atoms with Crippen molar-refractivity contribution in [1.82, 2.24) is 5.32 Å². The van der Waals surface area contributed by atoms with Gasteiger partial charge < -0.3 is 15.2 Å².